The lowest BCUT2D eigenvalue weighted by molar-refractivity contribution is -0.127. The first-order chi connectivity index (χ1) is 10.0. The van der Waals surface area contributed by atoms with Crippen molar-refractivity contribution in [2.24, 2.45) is 0 Å². The zero-order chi connectivity index (χ0) is 15.7. The van der Waals surface area contributed by atoms with Crippen molar-refractivity contribution < 1.29 is 14.3 Å². The molecular weight excluding hydrogens is 292 g/mol. The van der Waals surface area contributed by atoms with E-state index in [4.69, 9.17) is 21.1 Å². The van der Waals surface area contributed by atoms with Crippen molar-refractivity contribution in [1.29, 1.82) is 0 Å². The van der Waals surface area contributed by atoms with Crippen molar-refractivity contribution >= 4 is 17.5 Å². The average molecular weight is 315 g/mol. The molecule has 21 heavy (non-hydrogen) atoms. The van der Waals surface area contributed by atoms with Gasteiger partial charge in [-0.3, -0.25) is 4.79 Å². The molecule has 1 unspecified atom stereocenters. The number of carbonyl (C=O) groups is 1. The molecule has 0 radical (unpaired) electrons. The molecule has 0 spiro atoms. The van der Waals surface area contributed by atoms with Gasteiger partial charge in [-0.1, -0.05) is 17.7 Å². The van der Waals surface area contributed by atoms with Crippen LogP contribution in [0.25, 0.3) is 0 Å². The molecule has 0 saturated heterocycles. The predicted molar refractivity (Wildman–Crippen MR) is 84.0 cm³/mol. The Morgan fingerprint density at radius 3 is 2.81 bits per heavy atom. The van der Waals surface area contributed by atoms with Crippen LogP contribution in [-0.2, 0) is 9.53 Å². The zero-order valence-corrected chi connectivity index (χ0v) is 13.5. The molecule has 2 N–H and O–H groups in total. The highest BCUT2D eigenvalue weighted by Crippen LogP contribution is 2.26. The third kappa shape index (κ3) is 6.80. The van der Waals surface area contributed by atoms with E-state index < -0.39 is 6.10 Å². The van der Waals surface area contributed by atoms with E-state index >= 15 is 0 Å². The molecule has 0 aliphatic rings. The quantitative estimate of drug-likeness (QED) is 0.682. The third-order valence-electron chi connectivity index (χ3n) is 2.84. The Kier molecular flexibility index (Phi) is 8.12. The molecule has 0 bridgehead atoms. The Bertz CT molecular complexity index is 455. The normalized spacial score (nSPS) is 12.0. The fourth-order valence-corrected chi connectivity index (χ4v) is 1.82. The number of hydrogen-bond donors (Lipinski definition) is 2. The monoisotopic (exact) mass is 314 g/mol. The molecular formula is C15H23ClN2O3. The van der Waals surface area contributed by atoms with Gasteiger partial charge in [0, 0.05) is 26.7 Å². The van der Waals surface area contributed by atoms with E-state index in [0.29, 0.717) is 30.5 Å². The zero-order valence-electron chi connectivity index (χ0n) is 12.7. The Morgan fingerprint density at radius 1 is 1.33 bits per heavy atom. The number of benzene rings is 1. The topological polar surface area (TPSA) is 59.6 Å². The lowest BCUT2D eigenvalue weighted by Gasteiger charge is -2.16. The number of carbonyl (C=O) groups excluding carboxylic acids is 1. The third-order valence-corrected chi connectivity index (χ3v) is 3.16. The smallest absolute Gasteiger partial charge is 0.260 e. The van der Waals surface area contributed by atoms with Crippen molar-refractivity contribution in [1.82, 2.24) is 10.6 Å². The number of halogens is 1. The second-order valence-electron chi connectivity index (χ2n) is 4.73. The number of amides is 1. The van der Waals surface area contributed by atoms with Crippen LogP contribution in [0.15, 0.2) is 18.2 Å². The van der Waals surface area contributed by atoms with E-state index in [0.717, 1.165) is 12.1 Å². The molecule has 1 rings (SSSR count). The molecule has 0 heterocycles. The lowest BCUT2D eigenvalue weighted by Crippen LogP contribution is -2.40. The number of aryl methyl sites for hydroxylation is 1. The lowest BCUT2D eigenvalue weighted by atomic mass is 10.2. The largest absolute Gasteiger partial charge is 0.479 e. The van der Waals surface area contributed by atoms with Crippen LogP contribution in [0.5, 0.6) is 5.75 Å². The van der Waals surface area contributed by atoms with Gasteiger partial charge in [-0.25, -0.2) is 0 Å². The van der Waals surface area contributed by atoms with Crippen LogP contribution in [-0.4, -0.2) is 45.4 Å². The fraction of sp³-hybridized carbons (Fsp3) is 0.533. The van der Waals surface area contributed by atoms with Gasteiger partial charge in [0.1, 0.15) is 5.75 Å². The molecule has 1 amide bonds. The number of rotatable bonds is 9. The van der Waals surface area contributed by atoms with Crippen LogP contribution in [0.4, 0.5) is 0 Å². The number of nitrogens with one attached hydrogen (secondary N) is 2. The van der Waals surface area contributed by atoms with E-state index in [2.05, 4.69) is 10.6 Å². The Balaban J connectivity index is 2.32. The van der Waals surface area contributed by atoms with Crippen molar-refractivity contribution in [3.8, 4) is 5.75 Å². The molecule has 0 saturated carbocycles. The summed E-state index contributed by atoms with van der Waals surface area (Å²) in [5.41, 5.74) is 1.03. The standard InChI is InChI=1S/C15H23ClN2O3/c1-11-4-5-13(16)14(10-11)21-12(2)15(19)18-7-6-17-8-9-20-3/h4-5,10,12,17H,6-9H2,1-3H3,(H,18,19). The number of hydrogen-bond acceptors (Lipinski definition) is 4. The molecule has 1 atom stereocenters. The molecule has 0 fully saturated rings. The van der Waals surface area contributed by atoms with E-state index in [1.807, 2.05) is 19.1 Å². The minimum absolute atomic E-state index is 0.166. The van der Waals surface area contributed by atoms with Crippen molar-refractivity contribution in [2.75, 3.05) is 33.4 Å². The van der Waals surface area contributed by atoms with E-state index in [-0.39, 0.29) is 5.91 Å². The number of methoxy groups -OCH3 is 1. The van der Waals surface area contributed by atoms with Crippen LogP contribution in [0.2, 0.25) is 5.02 Å². The van der Waals surface area contributed by atoms with Gasteiger partial charge in [0.2, 0.25) is 0 Å². The number of ether oxygens (including phenoxy) is 2. The first-order valence-electron chi connectivity index (χ1n) is 6.94. The maximum absolute atomic E-state index is 11.9. The minimum atomic E-state index is -0.594. The van der Waals surface area contributed by atoms with Gasteiger partial charge in [0.05, 0.1) is 11.6 Å². The second-order valence-corrected chi connectivity index (χ2v) is 5.13. The predicted octanol–water partition coefficient (Wildman–Crippen LogP) is 1.77. The van der Waals surface area contributed by atoms with E-state index in [1.54, 1.807) is 20.1 Å². The highest BCUT2D eigenvalue weighted by Gasteiger charge is 2.15. The molecule has 0 aliphatic carbocycles. The van der Waals surface area contributed by atoms with E-state index in [9.17, 15) is 4.79 Å². The van der Waals surface area contributed by atoms with Gasteiger partial charge in [-0.05, 0) is 31.5 Å². The molecule has 1 aromatic rings. The van der Waals surface area contributed by atoms with E-state index in [1.165, 1.54) is 0 Å². The van der Waals surface area contributed by atoms with Crippen molar-refractivity contribution in [3.63, 3.8) is 0 Å². The molecule has 118 valence electrons. The Hall–Kier alpha value is -1.30. The van der Waals surface area contributed by atoms with Crippen molar-refractivity contribution in [3.05, 3.63) is 28.8 Å². The van der Waals surface area contributed by atoms with Gasteiger partial charge >= 0.3 is 0 Å². The van der Waals surface area contributed by atoms with Crippen LogP contribution in [0.1, 0.15) is 12.5 Å². The van der Waals surface area contributed by atoms with Gasteiger partial charge in [-0.15, -0.1) is 0 Å². The first kappa shape index (κ1) is 17.8. The highest BCUT2D eigenvalue weighted by molar-refractivity contribution is 6.32. The van der Waals surface area contributed by atoms with Gasteiger partial charge in [0.15, 0.2) is 6.10 Å². The average Bonchev–Trinajstić information content (AvgIpc) is 2.46. The molecule has 0 aliphatic heterocycles. The van der Waals surface area contributed by atoms with Gasteiger partial charge in [0.25, 0.3) is 5.91 Å². The molecule has 5 nitrogen and oxygen atoms in total. The van der Waals surface area contributed by atoms with Gasteiger partial charge < -0.3 is 20.1 Å². The highest BCUT2D eigenvalue weighted by atomic mass is 35.5. The fourth-order valence-electron chi connectivity index (χ4n) is 1.66. The summed E-state index contributed by atoms with van der Waals surface area (Å²) in [6.45, 7) is 6.29. The second kappa shape index (κ2) is 9.60. The molecule has 6 heteroatoms. The minimum Gasteiger partial charge on any atom is -0.479 e. The summed E-state index contributed by atoms with van der Waals surface area (Å²) in [5.74, 6) is 0.360. The first-order valence-corrected chi connectivity index (χ1v) is 7.32. The van der Waals surface area contributed by atoms with Crippen LogP contribution in [0, 0.1) is 6.92 Å². The summed E-state index contributed by atoms with van der Waals surface area (Å²) in [4.78, 5) is 11.9. The SMILES string of the molecule is COCCNCCNC(=O)C(C)Oc1cc(C)ccc1Cl. The molecule has 0 aromatic heterocycles. The maximum atomic E-state index is 11.9. The Labute approximate surface area is 131 Å². The summed E-state index contributed by atoms with van der Waals surface area (Å²) >= 11 is 6.04. The maximum Gasteiger partial charge on any atom is 0.260 e. The van der Waals surface area contributed by atoms with Crippen LogP contribution < -0.4 is 15.4 Å². The van der Waals surface area contributed by atoms with Gasteiger partial charge in [-0.2, -0.15) is 0 Å². The summed E-state index contributed by atoms with van der Waals surface area (Å²) in [6.07, 6.45) is -0.594. The summed E-state index contributed by atoms with van der Waals surface area (Å²) in [5, 5.41) is 6.45. The van der Waals surface area contributed by atoms with Crippen molar-refractivity contribution in [2.45, 2.75) is 20.0 Å². The summed E-state index contributed by atoms with van der Waals surface area (Å²) in [6, 6.07) is 5.47. The Morgan fingerprint density at radius 2 is 2.10 bits per heavy atom. The summed E-state index contributed by atoms with van der Waals surface area (Å²) < 4.78 is 10.5. The molecule has 1 aromatic carbocycles. The van der Waals surface area contributed by atoms with Crippen LogP contribution in [0.3, 0.4) is 0 Å². The van der Waals surface area contributed by atoms with Crippen LogP contribution >= 0.6 is 11.6 Å². The summed E-state index contributed by atoms with van der Waals surface area (Å²) in [7, 11) is 1.65.